The van der Waals surface area contributed by atoms with Gasteiger partial charge in [0.1, 0.15) is 0 Å². The Morgan fingerprint density at radius 2 is 1.73 bits per heavy atom. The van der Waals surface area contributed by atoms with Gasteiger partial charge in [-0.3, -0.25) is 9.79 Å². The number of likely N-dealkylation sites (N-methyl/N-ethyl adjacent to an activating group) is 1. The summed E-state index contributed by atoms with van der Waals surface area (Å²) in [5.41, 5.74) is -0.205. The summed E-state index contributed by atoms with van der Waals surface area (Å²) in [6, 6.07) is 0. The molecule has 0 radical (unpaired) electrons. The van der Waals surface area contributed by atoms with Gasteiger partial charge in [-0.1, -0.05) is 26.7 Å². The van der Waals surface area contributed by atoms with E-state index >= 15 is 0 Å². The van der Waals surface area contributed by atoms with Gasteiger partial charge in [-0.05, 0) is 33.6 Å². The lowest BCUT2D eigenvalue weighted by molar-refractivity contribution is -0.122. The summed E-state index contributed by atoms with van der Waals surface area (Å²) in [5.74, 6) is 1.42. The van der Waals surface area contributed by atoms with Crippen molar-refractivity contribution in [2.45, 2.75) is 59.9 Å². The molecule has 0 aromatic rings. The van der Waals surface area contributed by atoms with Gasteiger partial charge in [0.25, 0.3) is 0 Å². The van der Waals surface area contributed by atoms with E-state index < -0.39 is 0 Å². The average Bonchev–Trinajstić information content (AvgIpc) is 2.36. The fraction of sp³-hybridized carbons (Fsp3) is 0.875. The van der Waals surface area contributed by atoms with Gasteiger partial charge >= 0.3 is 0 Å². The van der Waals surface area contributed by atoms with Crippen LogP contribution in [0.15, 0.2) is 4.99 Å². The van der Waals surface area contributed by atoms with Crippen molar-refractivity contribution in [1.29, 1.82) is 0 Å². The number of nitrogens with one attached hydrogen (secondary N) is 2. The quantitative estimate of drug-likeness (QED) is 0.374. The molecule has 22 heavy (non-hydrogen) atoms. The van der Waals surface area contributed by atoms with Gasteiger partial charge in [0.15, 0.2) is 5.96 Å². The van der Waals surface area contributed by atoms with E-state index in [2.05, 4.69) is 29.5 Å². The maximum Gasteiger partial charge on any atom is 0.240 e. The third-order valence-corrected chi connectivity index (χ3v) is 3.25. The number of amides is 1. The number of aliphatic imine (C=N–C) groups is 1. The molecule has 0 saturated heterocycles. The zero-order chi connectivity index (χ0) is 16.5. The lowest BCUT2D eigenvalue weighted by Crippen LogP contribution is -2.48. The SMILES string of the molecule is CCNC(=NCC(CC)CC)N(C)CC(=O)NC(C)(C)C.I. The summed E-state index contributed by atoms with van der Waals surface area (Å²) in [7, 11) is 1.90. The molecule has 2 N–H and O–H groups in total. The molecule has 0 heterocycles. The van der Waals surface area contributed by atoms with Crippen molar-refractivity contribution in [1.82, 2.24) is 15.5 Å². The first-order valence-corrected chi connectivity index (χ1v) is 8.03. The third-order valence-electron chi connectivity index (χ3n) is 3.25. The Bertz CT molecular complexity index is 336. The molecule has 0 aliphatic heterocycles. The highest BCUT2D eigenvalue weighted by atomic mass is 127. The van der Waals surface area contributed by atoms with Gasteiger partial charge in [0.2, 0.25) is 5.91 Å². The zero-order valence-corrected chi connectivity index (χ0v) is 17.7. The summed E-state index contributed by atoms with van der Waals surface area (Å²) in [6.07, 6.45) is 2.27. The van der Waals surface area contributed by atoms with Crippen molar-refractivity contribution >= 4 is 35.8 Å². The van der Waals surface area contributed by atoms with Gasteiger partial charge in [-0.25, -0.2) is 0 Å². The zero-order valence-electron chi connectivity index (χ0n) is 15.3. The number of carbonyl (C=O) groups is 1. The Morgan fingerprint density at radius 3 is 2.14 bits per heavy atom. The summed E-state index contributed by atoms with van der Waals surface area (Å²) in [5, 5.41) is 6.22. The predicted molar refractivity (Wildman–Crippen MR) is 106 cm³/mol. The number of guanidine groups is 1. The second-order valence-corrected chi connectivity index (χ2v) is 6.53. The Kier molecular flexibility index (Phi) is 12.9. The minimum atomic E-state index is -0.205. The fourth-order valence-corrected chi connectivity index (χ4v) is 1.98. The first-order chi connectivity index (χ1) is 9.73. The molecule has 0 spiro atoms. The van der Waals surface area contributed by atoms with E-state index in [-0.39, 0.29) is 35.4 Å². The van der Waals surface area contributed by atoms with Crippen molar-refractivity contribution in [3.05, 3.63) is 0 Å². The van der Waals surface area contributed by atoms with Crippen LogP contribution in [0.3, 0.4) is 0 Å². The molecule has 0 aliphatic rings. The van der Waals surface area contributed by atoms with Crippen LogP contribution in [0.1, 0.15) is 54.4 Å². The van der Waals surface area contributed by atoms with E-state index in [0.29, 0.717) is 12.5 Å². The van der Waals surface area contributed by atoms with E-state index in [1.165, 1.54) is 0 Å². The topological polar surface area (TPSA) is 56.7 Å². The minimum Gasteiger partial charge on any atom is -0.357 e. The molecule has 6 heteroatoms. The first kappa shape index (κ1) is 23.7. The van der Waals surface area contributed by atoms with Crippen LogP contribution in [-0.4, -0.2) is 49.0 Å². The molecular weight excluding hydrogens is 391 g/mol. The number of halogens is 1. The Labute approximate surface area is 153 Å². The number of hydrogen-bond donors (Lipinski definition) is 2. The molecular formula is C16H35IN4O. The molecule has 0 aliphatic carbocycles. The van der Waals surface area contributed by atoms with Crippen LogP contribution in [0.5, 0.6) is 0 Å². The van der Waals surface area contributed by atoms with E-state index in [4.69, 9.17) is 0 Å². The summed E-state index contributed by atoms with van der Waals surface area (Å²) >= 11 is 0. The molecule has 132 valence electrons. The second kappa shape index (κ2) is 12.0. The largest absolute Gasteiger partial charge is 0.357 e. The van der Waals surface area contributed by atoms with Crippen molar-refractivity contribution in [2.24, 2.45) is 10.9 Å². The van der Waals surface area contributed by atoms with Crippen LogP contribution in [0.4, 0.5) is 0 Å². The molecule has 0 atom stereocenters. The molecule has 0 aromatic heterocycles. The van der Waals surface area contributed by atoms with Gasteiger partial charge in [-0.2, -0.15) is 0 Å². The van der Waals surface area contributed by atoms with Crippen molar-refractivity contribution in [3.8, 4) is 0 Å². The maximum absolute atomic E-state index is 12.0. The standard InChI is InChI=1S/C16H34N4O.HI/c1-8-13(9-2)11-18-15(17-10-3)20(7)12-14(21)19-16(4,5)6;/h13H,8-12H2,1-7H3,(H,17,18)(H,19,21);1H. The number of rotatable bonds is 7. The van der Waals surface area contributed by atoms with Crippen LogP contribution in [0, 0.1) is 5.92 Å². The van der Waals surface area contributed by atoms with Gasteiger partial charge < -0.3 is 15.5 Å². The number of hydrogen-bond acceptors (Lipinski definition) is 2. The molecule has 0 rings (SSSR count). The van der Waals surface area contributed by atoms with Crippen LogP contribution in [-0.2, 0) is 4.79 Å². The minimum absolute atomic E-state index is 0. The van der Waals surface area contributed by atoms with Crippen molar-refractivity contribution in [3.63, 3.8) is 0 Å². The van der Waals surface area contributed by atoms with E-state index in [1.54, 1.807) is 0 Å². The van der Waals surface area contributed by atoms with Crippen LogP contribution < -0.4 is 10.6 Å². The maximum atomic E-state index is 12.0. The average molecular weight is 426 g/mol. The summed E-state index contributed by atoms with van der Waals surface area (Å²) in [6.45, 7) is 14.3. The Morgan fingerprint density at radius 1 is 1.18 bits per heavy atom. The number of nitrogens with zero attached hydrogens (tertiary/aromatic N) is 2. The normalized spacial score (nSPS) is 11.9. The Hall–Kier alpha value is -0.530. The first-order valence-electron chi connectivity index (χ1n) is 8.03. The summed E-state index contributed by atoms with van der Waals surface area (Å²) in [4.78, 5) is 18.5. The molecule has 0 fully saturated rings. The molecule has 0 saturated carbocycles. The lowest BCUT2D eigenvalue weighted by atomic mass is 10.0. The second-order valence-electron chi connectivity index (χ2n) is 6.53. The van der Waals surface area contributed by atoms with Crippen molar-refractivity contribution < 1.29 is 4.79 Å². The van der Waals surface area contributed by atoms with Crippen LogP contribution in [0.2, 0.25) is 0 Å². The highest BCUT2D eigenvalue weighted by Crippen LogP contribution is 2.07. The smallest absolute Gasteiger partial charge is 0.240 e. The van der Waals surface area contributed by atoms with Crippen LogP contribution in [0.25, 0.3) is 0 Å². The highest BCUT2D eigenvalue weighted by molar-refractivity contribution is 14.0. The van der Waals surface area contributed by atoms with Gasteiger partial charge in [0.05, 0.1) is 6.54 Å². The summed E-state index contributed by atoms with van der Waals surface area (Å²) < 4.78 is 0. The highest BCUT2D eigenvalue weighted by Gasteiger charge is 2.16. The monoisotopic (exact) mass is 426 g/mol. The van der Waals surface area contributed by atoms with Crippen LogP contribution >= 0.6 is 24.0 Å². The molecule has 0 aromatic carbocycles. The fourth-order valence-electron chi connectivity index (χ4n) is 1.98. The molecule has 0 bridgehead atoms. The predicted octanol–water partition coefficient (Wildman–Crippen LogP) is 2.85. The van der Waals surface area contributed by atoms with E-state index in [0.717, 1.165) is 31.9 Å². The molecule has 1 amide bonds. The number of carbonyl (C=O) groups excluding carboxylic acids is 1. The third kappa shape index (κ3) is 11.1. The lowest BCUT2D eigenvalue weighted by Gasteiger charge is -2.25. The molecule has 0 unspecified atom stereocenters. The van der Waals surface area contributed by atoms with Gasteiger partial charge in [-0.15, -0.1) is 24.0 Å². The Balaban J connectivity index is 0. The van der Waals surface area contributed by atoms with Gasteiger partial charge in [0, 0.05) is 25.7 Å². The van der Waals surface area contributed by atoms with E-state index in [9.17, 15) is 4.79 Å². The molecule has 5 nitrogen and oxygen atoms in total. The van der Waals surface area contributed by atoms with E-state index in [1.807, 2.05) is 39.6 Å². The van der Waals surface area contributed by atoms with Crippen molar-refractivity contribution in [2.75, 3.05) is 26.7 Å².